The van der Waals surface area contributed by atoms with Gasteiger partial charge < -0.3 is 26.7 Å². The molecule has 0 aliphatic heterocycles. The second-order valence-corrected chi connectivity index (χ2v) is 5.57. The number of hydrogen-bond acceptors (Lipinski definition) is 5. The number of carboxylic acid groups (broad SMARTS) is 2. The van der Waals surface area contributed by atoms with Crippen molar-refractivity contribution in [3.8, 4) is 0 Å². The molecular weight excluding hydrogens is 314 g/mol. The zero-order valence-electron chi connectivity index (χ0n) is 12.8. The van der Waals surface area contributed by atoms with Crippen LogP contribution >= 0.6 is 0 Å². The third-order valence-electron chi connectivity index (χ3n) is 3.94. The summed E-state index contributed by atoms with van der Waals surface area (Å²) in [4.78, 5) is 37.6. The van der Waals surface area contributed by atoms with E-state index in [-0.39, 0.29) is 12.8 Å². The summed E-state index contributed by atoms with van der Waals surface area (Å²) in [5, 5.41) is 18.6. The van der Waals surface area contributed by atoms with Gasteiger partial charge in [0.1, 0.15) is 6.04 Å². The van der Waals surface area contributed by atoms with Crippen molar-refractivity contribution in [2.75, 3.05) is 0 Å². The zero-order chi connectivity index (χ0) is 17.9. The van der Waals surface area contributed by atoms with Gasteiger partial charge in [-0.05, 0) is 18.1 Å². The van der Waals surface area contributed by atoms with Gasteiger partial charge in [-0.15, -0.1) is 0 Å². The monoisotopic (exact) mass is 333 g/mol. The van der Waals surface area contributed by atoms with E-state index in [0.29, 0.717) is 10.9 Å². The zero-order valence-corrected chi connectivity index (χ0v) is 12.8. The summed E-state index contributed by atoms with van der Waals surface area (Å²) in [6.45, 7) is 0. The molecule has 0 fully saturated rings. The lowest BCUT2D eigenvalue weighted by atomic mass is 9.84. The van der Waals surface area contributed by atoms with Crippen LogP contribution in [0.2, 0.25) is 0 Å². The molecule has 128 valence electrons. The summed E-state index contributed by atoms with van der Waals surface area (Å²) >= 11 is 0. The number of aromatic nitrogens is 1. The highest BCUT2D eigenvalue weighted by atomic mass is 16.4. The SMILES string of the molecule is N[C@H](C(=O)O)C(C(=O)[C@@H](N)CCC(=O)O)c1c[nH]c2ccccc12. The topological polar surface area (TPSA) is 160 Å². The quantitative estimate of drug-likeness (QED) is 0.468. The van der Waals surface area contributed by atoms with Gasteiger partial charge in [-0.2, -0.15) is 0 Å². The third-order valence-corrected chi connectivity index (χ3v) is 3.94. The Balaban J connectivity index is 2.40. The number of carbonyl (C=O) groups is 3. The smallest absolute Gasteiger partial charge is 0.321 e. The van der Waals surface area contributed by atoms with Crippen molar-refractivity contribution in [3.05, 3.63) is 36.0 Å². The highest BCUT2D eigenvalue weighted by Crippen LogP contribution is 2.29. The van der Waals surface area contributed by atoms with Crippen LogP contribution in [0.15, 0.2) is 30.5 Å². The van der Waals surface area contributed by atoms with Crippen molar-refractivity contribution >= 4 is 28.6 Å². The number of carboxylic acids is 2. The molecule has 0 bridgehead atoms. The first-order chi connectivity index (χ1) is 11.3. The molecule has 1 aromatic carbocycles. The number of nitrogens with two attached hydrogens (primary N) is 2. The van der Waals surface area contributed by atoms with Gasteiger partial charge in [0.2, 0.25) is 0 Å². The fourth-order valence-corrected chi connectivity index (χ4v) is 2.67. The number of aromatic amines is 1. The molecule has 24 heavy (non-hydrogen) atoms. The lowest BCUT2D eigenvalue weighted by molar-refractivity contribution is -0.141. The molecule has 7 N–H and O–H groups in total. The van der Waals surface area contributed by atoms with Crippen LogP contribution in [0.3, 0.4) is 0 Å². The van der Waals surface area contributed by atoms with Crippen LogP contribution < -0.4 is 11.5 Å². The van der Waals surface area contributed by atoms with Crippen LogP contribution in [-0.4, -0.2) is 45.0 Å². The molecule has 3 atom stereocenters. The largest absolute Gasteiger partial charge is 0.481 e. The molecule has 2 rings (SSSR count). The Morgan fingerprint density at radius 3 is 2.42 bits per heavy atom. The lowest BCUT2D eigenvalue weighted by Gasteiger charge is -2.22. The van der Waals surface area contributed by atoms with Gasteiger partial charge in [0.15, 0.2) is 5.78 Å². The summed E-state index contributed by atoms with van der Waals surface area (Å²) in [6, 6.07) is 4.51. The number of ketones is 1. The second-order valence-electron chi connectivity index (χ2n) is 5.57. The molecule has 2 aromatic rings. The Bertz CT molecular complexity index is 770. The van der Waals surface area contributed by atoms with Crippen molar-refractivity contribution < 1.29 is 24.6 Å². The molecule has 1 unspecified atom stereocenters. The minimum absolute atomic E-state index is 0.0840. The van der Waals surface area contributed by atoms with Gasteiger partial charge in [-0.1, -0.05) is 18.2 Å². The minimum atomic E-state index is -1.48. The number of fused-ring (bicyclic) bond motifs is 1. The van der Waals surface area contributed by atoms with E-state index in [0.717, 1.165) is 5.52 Å². The van der Waals surface area contributed by atoms with E-state index in [1.807, 2.05) is 0 Å². The molecule has 0 aliphatic rings. The van der Waals surface area contributed by atoms with Crippen LogP contribution in [0.4, 0.5) is 0 Å². The molecule has 0 radical (unpaired) electrons. The summed E-state index contributed by atoms with van der Waals surface area (Å²) in [6.07, 6.45) is 1.18. The number of Topliss-reactive ketones (excluding diaryl/α,β-unsaturated/α-hetero) is 1. The molecule has 0 saturated carbocycles. The van der Waals surface area contributed by atoms with Crippen molar-refractivity contribution in [3.63, 3.8) is 0 Å². The number of hydrogen-bond donors (Lipinski definition) is 5. The van der Waals surface area contributed by atoms with Gasteiger partial charge in [-0.3, -0.25) is 14.4 Å². The molecule has 1 aromatic heterocycles. The Morgan fingerprint density at radius 1 is 1.12 bits per heavy atom. The average molecular weight is 333 g/mol. The summed E-state index contributed by atoms with van der Waals surface area (Å²) in [5.74, 6) is -4.16. The Hall–Kier alpha value is -2.71. The molecule has 0 aliphatic carbocycles. The number of benzene rings is 1. The maximum absolute atomic E-state index is 12.7. The molecule has 8 nitrogen and oxygen atoms in total. The van der Waals surface area contributed by atoms with Crippen molar-refractivity contribution in [2.24, 2.45) is 11.5 Å². The van der Waals surface area contributed by atoms with Crippen molar-refractivity contribution in [1.29, 1.82) is 0 Å². The van der Waals surface area contributed by atoms with Crippen LogP contribution in [0.5, 0.6) is 0 Å². The van der Waals surface area contributed by atoms with E-state index in [1.165, 1.54) is 0 Å². The molecular formula is C16H19N3O5. The summed E-state index contributed by atoms with van der Waals surface area (Å²) in [7, 11) is 0. The fraction of sp³-hybridized carbons (Fsp3) is 0.312. The maximum atomic E-state index is 12.7. The van der Waals surface area contributed by atoms with Crippen molar-refractivity contribution in [2.45, 2.75) is 30.8 Å². The second kappa shape index (κ2) is 7.24. The van der Waals surface area contributed by atoms with Crippen LogP contribution in [0, 0.1) is 0 Å². The number of H-pyrrole nitrogens is 1. The van der Waals surface area contributed by atoms with E-state index in [9.17, 15) is 19.5 Å². The first-order valence-electron chi connectivity index (χ1n) is 7.38. The normalized spacial score (nSPS) is 14.9. The number of rotatable bonds is 8. The van der Waals surface area contributed by atoms with E-state index < -0.39 is 35.7 Å². The summed E-state index contributed by atoms with van der Waals surface area (Å²) < 4.78 is 0. The van der Waals surface area contributed by atoms with E-state index in [4.69, 9.17) is 16.6 Å². The molecule has 8 heteroatoms. The predicted molar refractivity (Wildman–Crippen MR) is 86.5 cm³/mol. The van der Waals surface area contributed by atoms with E-state index in [1.54, 1.807) is 30.5 Å². The fourth-order valence-electron chi connectivity index (χ4n) is 2.67. The van der Waals surface area contributed by atoms with E-state index >= 15 is 0 Å². The average Bonchev–Trinajstić information content (AvgIpc) is 2.96. The standard InChI is InChI=1S/C16H19N3O5/c17-10(5-6-12(20)21)15(22)13(14(18)16(23)24)9-7-19-11-4-2-1-3-8(9)11/h1-4,7,10,13-14,19H,5-6,17-18H2,(H,20,21)(H,23,24)/t10-,13?,14-/m0/s1. The van der Waals surface area contributed by atoms with Gasteiger partial charge in [0.25, 0.3) is 0 Å². The Labute approximate surface area is 137 Å². The van der Waals surface area contributed by atoms with Crippen LogP contribution in [0.25, 0.3) is 10.9 Å². The van der Waals surface area contributed by atoms with Crippen LogP contribution in [-0.2, 0) is 14.4 Å². The number of para-hydroxylation sites is 1. The predicted octanol–water partition coefficient (Wildman–Crippen LogP) is 0.425. The van der Waals surface area contributed by atoms with Crippen LogP contribution in [0.1, 0.15) is 24.3 Å². The first kappa shape index (κ1) is 17.6. The van der Waals surface area contributed by atoms with Gasteiger partial charge in [0.05, 0.1) is 12.0 Å². The van der Waals surface area contributed by atoms with Gasteiger partial charge >= 0.3 is 11.9 Å². The van der Waals surface area contributed by atoms with E-state index in [2.05, 4.69) is 4.98 Å². The Kier molecular flexibility index (Phi) is 5.32. The molecule has 0 spiro atoms. The number of carbonyl (C=O) groups excluding carboxylic acids is 1. The maximum Gasteiger partial charge on any atom is 0.321 e. The number of aliphatic carboxylic acids is 2. The molecule has 0 amide bonds. The first-order valence-corrected chi connectivity index (χ1v) is 7.38. The third kappa shape index (κ3) is 3.61. The summed E-state index contributed by atoms with van der Waals surface area (Å²) in [5.41, 5.74) is 12.7. The highest BCUT2D eigenvalue weighted by Gasteiger charge is 2.36. The minimum Gasteiger partial charge on any atom is -0.481 e. The Morgan fingerprint density at radius 2 is 1.79 bits per heavy atom. The highest BCUT2D eigenvalue weighted by molar-refractivity contribution is 5.99. The molecule has 1 heterocycles. The van der Waals surface area contributed by atoms with Crippen molar-refractivity contribution in [1.82, 2.24) is 4.98 Å². The number of nitrogens with one attached hydrogen (secondary N) is 1. The van der Waals surface area contributed by atoms with Gasteiger partial charge in [-0.25, -0.2) is 0 Å². The van der Waals surface area contributed by atoms with Gasteiger partial charge in [0, 0.05) is 23.5 Å². The lowest BCUT2D eigenvalue weighted by Crippen LogP contribution is -2.46. The molecule has 0 saturated heterocycles.